The van der Waals surface area contributed by atoms with Gasteiger partial charge in [0.05, 0.1) is 5.75 Å². The molecule has 1 amide bonds. The quantitative estimate of drug-likeness (QED) is 0.803. The molecule has 0 radical (unpaired) electrons. The highest BCUT2D eigenvalue weighted by atomic mass is 32.2. The third kappa shape index (κ3) is 2.70. The minimum Gasteiger partial charge on any atom is -0.337 e. The van der Waals surface area contributed by atoms with Crippen LogP contribution in [0.5, 0.6) is 0 Å². The van der Waals surface area contributed by atoms with E-state index in [2.05, 4.69) is 28.3 Å². The van der Waals surface area contributed by atoms with Crippen LogP contribution in [0.1, 0.15) is 11.1 Å². The lowest BCUT2D eigenvalue weighted by atomic mass is 10.00. The van der Waals surface area contributed by atoms with Crippen LogP contribution in [0.25, 0.3) is 0 Å². The Bertz CT molecular complexity index is 625. The molecule has 20 heavy (non-hydrogen) atoms. The van der Waals surface area contributed by atoms with E-state index in [9.17, 15) is 4.79 Å². The van der Waals surface area contributed by atoms with Gasteiger partial charge in [0.2, 0.25) is 5.91 Å². The molecule has 2 aromatic rings. The van der Waals surface area contributed by atoms with Crippen LogP contribution in [0.3, 0.4) is 0 Å². The summed E-state index contributed by atoms with van der Waals surface area (Å²) in [7, 11) is 1.83. The molecule has 1 aromatic heterocycles. The largest absolute Gasteiger partial charge is 0.337 e. The second-order valence-electron chi connectivity index (χ2n) is 4.79. The summed E-state index contributed by atoms with van der Waals surface area (Å²) >= 11 is 1.43. The monoisotopic (exact) mass is 288 g/mol. The lowest BCUT2D eigenvalue weighted by Crippen LogP contribution is -2.37. The standard InChI is InChI=1S/C14H16N4OS/c1-17-14(15-10-16-17)20-9-13(19)18-7-6-11-4-2-3-5-12(11)8-18/h2-5,10H,6-9H2,1H3. The third-order valence-corrected chi connectivity index (χ3v) is 4.50. The summed E-state index contributed by atoms with van der Waals surface area (Å²) in [5, 5.41) is 4.77. The number of thioether (sulfide) groups is 1. The molecule has 0 spiro atoms. The predicted octanol–water partition coefficient (Wildman–Crippen LogP) is 1.49. The van der Waals surface area contributed by atoms with Crippen molar-refractivity contribution in [3.8, 4) is 0 Å². The average Bonchev–Trinajstić information content (AvgIpc) is 2.89. The first-order chi connectivity index (χ1) is 9.74. The lowest BCUT2D eigenvalue weighted by molar-refractivity contribution is -0.129. The van der Waals surface area contributed by atoms with Crippen molar-refractivity contribution in [1.29, 1.82) is 0 Å². The van der Waals surface area contributed by atoms with Gasteiger partial charge in [-0.15, -0.1) is 0 Å². The second-order valence-corrected chi connectivity index (χ2v) is 5.73. The fraction of sp³-hybridized carbons (Fsp3) is 0.357. The van der Waals surface area contributed by atoms with Crippen molar-refractivity contribution < 1.29 is 4.79 Å². The minimum absolute atomic E-state index is 0.160. The van der Waals surface area contributed by atoms with Crippen LogP contribution < -0.4 is 0 Å². The van der Waals surface area contributed by atoms with E-state index in [1.54, 1.807) is 4.68 Å². The van der Waals surface area contributed by atoms with E-state index < -0.39 is 0 Å². The number of fused-ring (bicyclic) bond motifs is 1. The number of hydrogen-bond acceptors (Lipinski definition) is 4. The van der Waals surface area contributed by atoms with E-state index in [4.69, 9.17) is 0 Å². The molecule has 2 heterocycles. The summed E-state index contributed by atoms with van der Waals surface area (Å²) in [4.78, 5) is 18.3. The molecule has 3 rings (SSSR count). The fourth-order valence-corrected chi connectivity index (χ4v) is 3.13. The van der Waals surface area contributed by atoms with Crippen molar-refractivity contribution in [2.24, 2.45) is 7.05 Å². The first-order valence-corrected chi connectivity index (χ1v) is 7.54. The normalized spacial score (nSPS) is 14.2. The van der Waals surface area contributed by atoms with Gasteiger partial charge in [0, 0.05) is 20.1 Å². The summed E-state index contributed by atoms with van der Waals surface area (Å²) in [6.07, 6.45) is 2.44. The predicted molar refractivity (Wildman–Crippen MR) is 77.3 cm³/mol. The Kier molecular flexibility index (Phi) is 3.73. The smallest absolute Gasteiger partial charge is 0.233 e. The Hall–Kier alpha value is -1.82. The topological polar surface area (TPSA) is 51.0 Å². The van der Waals surface area contributed by atoms with Crippen LogP contribution in [-0.2, 0) is 24.8 Å². The summed E-state index contributed by atoms with van der Waals surface area (Å²) < 4.78 is 1.68. The molecule has 0 fully saturated rings. The zero-order valence-electron chi connectivity index (χ0n) is 11.3. The van der Waals surface area contributed by atoms with E-state index in [-0.39, 0.29) is 5.91 Å². The first kappa shape index (κ1) is 13.2. The number of amides is 1. The van der Waals surface area contributed by atoms with E-state index in [1.165, 1.54) is 29.2 Å². The fourth-order valence-electron chi connectivity index (χ4n) is 2.34. The Labute approximate surface area is 122 Å². The van der Waals surface area contributed by atoms with Crippen molar-refractivity contribution >= 4 is 17.7 Å². The summed E-state index contributed by atoms with van der Waals surface area (Å²) in [5.41, 5.74) is 2.62. The Balaban J connectivity index is 1.60. The van der Waals surface area contributed by atoms with Crippen molar-refractivity contribution in [3.05, 3.63) is 41.7 Å². The summed E-state index contributed by atoms with van der Waals surface area (Å²) in [6, 6.07) is 8.33. The van der Waals surface area contributed by atoms with Crippen molar-refractivity contribution in [1.82, 2.24) is 19.7 Å². The molecule has 0 N–H and O–H groups in total. The molecule has 1 aliphatic rings. The minimum atomic E-state index is 0.160. The van der Waals surface area contributed by atoms with Gasteiger partial charge in [-0.1, -0.05) is 36.0 Å². The zero-order valence-corrected chi connectivity index (χ0v) is 12.1. The third-order valence-electron chi connectivity index (χ3n) is 3.48. The van der Waals surface area contributed by atoms with Crippen LogP contribution in [0.4, 0.5) is 0 Å². The van der Waals surface area contributed by atoms with E-state index >= 15 is 0 Å². The molecule has 0 saturated heterocycles. The number of aryl methyl sites for hydroxylation is 1. The van der Waals surface area contributed by atoms with Gasteiger partial charge in [-0.05, 0) is 17.5 Å². The Morgan fingerprint density at radius 2 is 2.15 bits per heavy atom. The number of nitrogens with zero attached hydrogens (tertiary/aromatic N) is 4. The van der Waals surface area contributed by atoms with E-state index in [1.807, 2.05) is 18.0 Å². The van der Waals surface area contributed by atoms with E-state index in [0.717, 1.165) is 18.1 Å². The van der Waals surface area contributed by atoms with Crippen LogP contribution in [-0.4, -0.2) is 37.9 Å². The number of benzene rings is 1. The van der Waals surface area contributed by atoms with Crippen molar-refractivity contribution in [3.63, 3.8) is 0 Å². The number of carbonyl (C=O) groups is 1. The van der Waals surface area contributed by atoms with Gasteiger partial charge in [-0.25, -0.2) is 9.67 Å². The maximum absolute atomic E-state index is 12.3. The van der Waals surface area contributed by atoms with Gasteiger partial charge in [0.1, 0.15) is 6.33 Å². The highest BCUT2D eigenvalue weighted by Gasteiger charge is 2.20. The van der Waals surface area contributed by atoms with Gasteiger partial charge in [-0.2, -0.15) is 5.10 Å². The molecule has 5 nitrogen and oxygen atoms in total. The van der Waals surface area contributed by atoms with Gasteiger partial charge >= 0.3 is 0 Å². The number of carbonyl (C=O) groups excluding carboxylic acids is 1. The van der Waals surface area contributed by atoms with Gasteiger partial charge in [-0.3, -0.25) is 4.79 Å². The molecule has 6 heteroatoms. The molecular weight excluding hydrogens is 272 g/mol. The summed E-state index contributed by atoms with van der Waals surface area (Å²) in [6.45, 7) is 1.52. The number of aromatic nitrogens is 3. The van der Waals surface area contributed by atoms with Gasteiger partial charge < -0.3 is 4.90 Å². The summed E-state index contributed by atoms with van der Waals surface area (Å²) in [5.74, 6) is 0.571. The molecule has 0 atom stereocenters. The Morgan fingerprint density at radius 3 is 2.90 bits per heavy atom. The maximum Gasteiger partial charge on any atom is 0.233 e. The van der Waals surface area contributed by atoms with Gasteiger partial charge in [0.15, 0.2) is 5.16 Å². The molecule has 1 aliphatic heterocycles. The maximum atomic E-state index is 12.3. The average molecular weight is 288 g/mol. The van der Waals surface area contributed by atoms with Crippen LogP contribution in [0.15, 0.2) is 35.7 Å². The molecular formula is C14H16N4OS. The van der Waals surface area contributed by atoms with Crippen LogP contribution in [0, 0.1) is 0 Å². The first-order valence-electron chi connectivity index (χ1n) is 6.55. The number of hydrogen-bond donors (Lipinski definition) is 0. The molecule has 0 unspecified atom stereocenters. The molecule has 104 valence electrons. The molecule has 1 aromatic carbocycles. The highest BCUT2D eigenvalue weighted by molar-refractivity contribution is 7.99. The van der Waals surface area contributed by atoms with E-state index in [0.29, 0.717) is 12.3 Å². The van der Waals surface area contributed by atoms with Gasteiger partial charge in [0.25, 0.3) is 0 Å². The SMILES string of the molecule is Cn1ncnc1SCC(=O)N1CCc2ccccc2C1. The second kappa shape index (κ2) is 5.66. The lowest BCUT2D eigenvalue weighted by Gasteiger charge is -2.28. The number of rotatable bonds is 3. The molecule has 0 saturated carbocycles. The highest BCUT2D eigenvalue weighted by Crippen LogP contribution is 2.20. The molecule has 0 aliphatic carbocycles. The van der Waals surface area contributed by atoms with Crippen LogP contribution >= 0.6 is 11.8 Å². The van der Waals surface area contributed by atoms with Crippen molar-refractivity contribution in [2.45, 2.75) is 18.1 Å². The Morgan fingerprint density at radius 1 is 1.35 bits per heavy atom. The van der Waals surface area contributed by atoms with Crippen molar-refractivity contribution in [2.75, 3.05) is 12.3 Å². The molecule has 0 bridgehead atoms. The van der Waals surface area contributed by atoms with Crippen LogP contribution in [0.2, 0.25) is 0 Å². The zero-order chi connectivity index (χ0) is 13.9.